The van der Waals surface area contributed by atoms with Crippen LogP contribution < -0.4 is 5.73 Å². The smallest absolute Gasteiger partial charge is 0.150 e. The van der Waals surface area contributed by atoms with E-state index in [2.05, 4.69) is 0 Å². The van der Waals surface area contributed by atoms with E-state index in [0.717, 1.165) is 18.3 Å². The molecule has 0 saturated heterocycles. The molecule has 2 N–H and O–H groups in total. The summed E-state index contributed by atoms with van der Waals surface area (Å²) in [5.41, 5.74) is 8.09. The summed E-state index contributed by atoms with van der Waals surface area (Å²) in [5, 5.41) is 0. The molecule has 1 aromatic carbocycles. The number of anilines is 1. The fraction of sp³-hybridized carbons (Fsp3) is 0.222. The van der Waals surface area contributed by atoms with Crippen LogP contribution in [0.25, 0.3) is 0 Å². The molecular formula is C9H11NO. The Morgan fingerprint density at radius 1 is 1.55 bits per heavy atom. The van der Waals surface area contributed by atoms with Gasteiger partial charge in [0.25, 0.3) is 0 Å². The van der Waals surface area contributed by atoms with Gasteiger partial charge in [-0.3, -0.25) is 4.79 Å². The summed E-state index contributed by atoms with van der Waals surface area (Å²) in [6.07, 6.45) is 1.71. The molecule has 0 aliphatic carbocycles. The van der Waals surface area contributed by atoms with Gasteiger partial charge in [0, 0.05) is 11.3 Å². The monoisotopic (exact) mass is 149 g/mol. The lowest BCUT2D eigenvalue weighted by molar-refractivity contribution is 0.112. The van der Waals surface area contributed by atoms with E-state index in [-0.39, 0.29) is 0 Å². The molecule has 2 heteroatoms. The topological polar surface area (TPSA) is 43.1 Å². The molecule has 0 radical (unpaired) electrons. The van der Waals surface area contributed by atoms with Gasteiger partial charge in [0.05, 0.1) is 0 Å². The van der Waals surface area contributed by atoms with E-state index in [4.69, 9.17) is 5.73 Å². The van der Waals surface area contributed by atoms with Gasteiger partial charge in [-0.25, -0.2) is 0 Å². The number of nitrogens with two attached hydrogens (primary N) is 1. The van der Waals surface area contributed by atoms with Gasteiger partial charge < -0.3 is 5.73 Å². The van der Waals surface area contributed by atoms with Crippen LogP contribution in [0.2, 0.25) is 0 Å². The summed E-state index contributed by atoms with van der Waals surface area (Å²) in [6, 6.07) is 5.37. The van der Waals surface area contributed by atoms with Gasteiger partial charge in [0.15, 0.2) is 0 Å². The molecule has 0 aliphatic heterocycles. The summed E-state index contributed by atoms with van der Waals surface area (Å²) < 4.78 is 0. The Bertz CT molecular complexity index is 268. The van der Waals surface area contributed by atoms with Crippen LogP contribution in [0.5, 0.6) is 0 Å². The number of benzene rings is 1. The zero-order chi connectivity index (χ0) is 8.27. The molecule has 0 spiro atoms. The molecule has 0 unspecified atom stereocenters. The van der Waals surface area contributed by atoms with Gasteiger partial charge in [-0.15, -0.1) is 0 Å². The first kappa shape index (κ1) is 7.79. The highest BCUT2D eigenvalue weighted by atomic mass is 16.1. The lowest BCUT2D eigenvalue weighted by Crippen LogP contribution is -1.93. The summed E-state index contributed by atoms with van der Waals surface area (Å²) in [6.45, 7) is 2.03. The summed E-state index contributed by atoms with van der Waals surface area (Å²) in [5.74, 6) is 0. The normalized spacial score (nSPS) is 9.55. The zero-order valence-corrected chi connectivity index (χ0v) is 6.50. The number of carbonyl (C=O) groups is 1. The fourth-order valence-corrected chi connectivity index (χ4v) is 1.01. The highest BCUT2D eigenvalue weighted by molar-refractivity contribution is 5.77. The van der Waals surface area contributed by atoms with Crippen molar-refractivity contribution in [3.8, 4) is 0 Å². The predicted molar refractivity (Wildman–Crippen MR) is 45.6 cm³/mol. The Hall–Kier alpha value is -1.31. The molecule has 0 aliphatic rings. The lowest BCUT2D eigenvalue weighted by atomic mass is 10.1. The summed E-state index contributed by atoms with van der Waals surface area (Å²) in [7, 11) is 0. The van der Waals surface area contributed by atoms with Crippen LogP contribution >= 0.6 is 0 Å². The Balaban J connectivity index is 3.09. The zero-order valence-electron chi connectivity index (χ0n) is 6.50. The van der Waals surface area contributed by atoms with E-state index in [9.17, 15) is 4.79 Å². The first-order valence-electron chi connectivity index (χ1n) is 3.61. The summed E-state index contributed by atoms with van der Waals surface area (Å²) in [4.78, 5) is 10.3. The van der Waals surface area contributed by atoms with Crippen molar-refractivity contribution < 1.29 is 4.79 Å². The molecule has 1 aromatic rings. The molecule has 11 heavy (non-hydrogen) atoms. The minimum absolute atomic E-state index is 0.639. The van der Waals surface area contributed by atoms with E-state index < -0.39 is 0 Å². The highest BCUT2D eigenvalue weighted by Crippen LogP contribution is 2.13. The Labute approximate surface area is 66.0 Å². The second-order valence-corrected chi connectivity index (χ2v) is 2.43. The molecule has 0 fully saturated rings. The van der Waals surface area contributed by atoms with Gasteiger partial charge >= 0.3 is 0 Å². The Morgan fingerprint density at radius 3 is 2.73 bits per heavy atom. The SMILES string of the molecule is CCc1ccc(C=O)cc1N. The van der Waals surface area contributed by atoms with Crippen molar-refractivity contribution in [2.75, 3.05) is 5.73 Å². The van der Waals surface area contributed by atoms with Crippen LogP contribution in [0.3, 0.4) is 0 Å². The van der Waals surface area contributed by atoms with Crippen LogP contribution in [0.15, 0.2) is 18.2 Å². The van der Waals surface area contributed by atoms with E-state index in [1.165, 1.54) is 0 Å². The van der Waals surface area contributed by atoms with Gasteiger partial charge in [0.1, 0.15) is 6.29 Å². The van der Waals surface area contributed by atoms with Crippen molar-refractivity contribution in [3.63, 3.8) is 0 Å². The Morgan fingerprint density at radius 2 is 2.27 bits per heavy atom. The van der Waals surface area contributed by atoms with Crippen molar-refractivity contribution in [2.45, 2.75) is 13.3 Å². The third-order valence-electron chi connectivity index (χ3n) is 1.69. The number of aryl methyl sites for hydroxylation is 1. The number of carbonyl (C=O) groups excluding carboxylic acids is 1. The van der Waals surface area contributed by atoms with Gasteiger partial charge in [-0.05, 0) is 18.1 Å². The van der Waals surface area contributed by atoms with E-state index in [1.807, 2.05) is 13.0 Å². The molecule has 0 bridgehead atoms. The first-order valence-corrected chi connectivity index (χ1v) is 3.61. The van der Waals surface area contributed by atoms with Crippen molar-refractivity contribution in [2.24, 2.45) is 0 Å². The second kappa shape index (κ2) is 3.19. The van der Waals surface area contributed by atoms with Gasteiger partial charge in [0.2, 0.25) is 0 Å². The van der Waals surface area contributed by atoms with Crippen LogP contribution in [-0.4, -0.2) is 6.29 Å². The molecule has 1 rings (SSSR count). The molecule has 0 atom stereocenters. The highest BCUT2D eigenvalue weighted by Gasteiger charge is 1.96. The maximum Gasteiger partial charge on any atom is 0.150 e. The largest absolute Gasteiger partial charge is 0.398 e. The summed E-state index contributed by atoms with van der Waals surface area (Å²) >= 11 is 0. The fourth-order valence-electron chi connectivity index (χ4n) is 1.01. The van der Waals surface area contributed by atoms with Crippen molar-refractivity contribution >= 4 is 12.0 Å². The number of hydrogen-bond donors (Lipinski definition) is 1. The van der Waals surface area contributed by atoms with Crippen LogP contribution in [0.4, 0.5) is 5.69 Å². The third kappa shape index (κ3) is 1.58. The number of nitrogen functional groups attached to an aromatic ring is 1. The van der Waals surface area contributed by atoms with Crippen LogP contribution in [0, 0.1) is 0 Å². The van der Waals surface area contributed by atoms with Crippen molar-refractivity contribution in [3.05, 3.63) is 29.3 Å². The second-order valence-electron chi connectivity index (χ2n) is 2.43. The molecule has 0 saturated carbocycles. The van der Waals surface area contributed by atoms with Crippen molar-refractivity contribution in [1.82, 2.24) is 0 Å². The van der Waals surface area contributed by atoms with Gasteiger partial charge in [-0.2, -0.15) is 0 Å². The minimum atomic E-state index is 0.639. The number of hydrogen-bond acceptors (Lipinski definition) is 2. The van der Waals surface area contributed by atoms with E-state index in [0.29, 0.717) is 11.3 Å². The first-order chi connectivity index (χ1) is 5.27. The standard InChI is InChI=1S/C9H11NO/c1-2-8-4-3-7(6-11)5-9(8)10/h3-6H,2,10H2,1H3. The Kier molecular flexibility index (Phi) is 2.26. The lowest BCUT2D eigenvalue weighted by Gasteiger charge is -2.01. The molecule has 58 valence electrons. The molecule has 0 heterocycles. The van der Waals surface area contributed by atoms with Gasteiger partial charge in [-0.1, -0.05) is 19.1 Å². The van der Waals surface area contributed by atoms with Crippen molar-refractivity contribution in [1.29, 1.82) is 0 Å². The predicted octanol–water partition coefficient (Wildman–Crippen LogP) is 1.64. The maximum absolute atomic E-state index is 10.3. The molecule has 0 amide bonds. The number of rotatable bonds is 2. The van der Waals surface area contributed by atoms with Crippen LogP contribution in [0.1, 0.15) is 22.8 Å². The molecular weight excluding hydrogens is 138 g/mol. The van der Waals surface area contributed by atoms with E-state index in [1.54, 1.807) is 12.1 Å². The van der Waals surface area contributed by atoms with Crippen LogP contribution in [-0.2, 0) is 6.42 Å². The quantitative estimate of drug-likeness (QED) is 0.513. The minimum Gasteiger partial charge on any atom is -0.398 e. The molecule has 2 nitrogen and oxygen atoms in total. The average molecular weight is 149 g/mol. The number of aldehydes is 1. The third-order valence-corrected chi connectivity index (χ3v) is 1.69. The maximum atomic E-state index is 10.3. The average Bonchev–Trinajstić information content (AvgIpc) is 2.04. The molecule has 0 aromatic heterocycles. The van der Waals surface area contributed by atoms with E-state index >= 15 is 0 Å².